The topological polar surface area (TPSA) is 66.4 Å². The van der Waals surface area contributed by atoms with Crippen molar-refractivity contribution in [1.82, 2.24) is 5.32 Å². The maximum absolute atomic E-state index is 11.9. The summed E-state index contributed by atoms with van der Waals surface area (Å²) >= 11 is 0. The largest absolute Gasteiger partial charge is 0.480 e. The first-order valence-corrected chi connectivity index (χ1v) is 6.98. The van der Waals surface area contributed by atoms with Gasteiger partial charge in [0.05, 0.1) is 0 Å². The van der Waals surface area contributed by atoms with Crippen LogP contribution >= 0.6 is 0 Å². The Hall–Kier alpha value is -1.84. The summed E-state index contributed by atoms with van der Waals surface area (Å²) in [5.41, 5.74) is 0.0179. The third-order valence-corrected chi connectivity index (χ3v) is 3.77. The SMILES string of the molecule is CCC(C)(NC(=O)CCC(C)c1ccccc1)C(=O)O. The van der Waals surface area contributed by atoms with Crippen LogP contribution in [-0.2, 0) is 9.59 Å². The molecule has 1 rings (SSSR count). The molecule has 0 aliphatic rings. The highest BCUT2D eigenvalue weighted by molar-refractivity contribution is 5.86. The zero-order valence-electron chi connectivity index (χ0n) is 12.3. The fourth-order valence-corrected chi connectivity index (χ4v) is 1.96. The number of nitrogens with one attached hydrogen (secondary N) is 1. The van der Waals surface area contributed by atoms with Crippen LogP contribution in [0.2, 0.25) is 0 Å². The van der Waals surface area contributed by atoms with Gasteiger partial charge in [-0.25, -0.2) is 4.79 Å². The Labute approximate surface area is 120 Å². The quantitative estimate of drug-likeness (QED) is 0.805. The van der Waals surface area contributed by atoms with Crippen LogP contribution in [0.1, 0.15) is 51.5 Å². The van der Waals surface area contributed by atoms with Crippen LogP contribution in [0, 0.1) is 0 Å². The fraction of sp³-hybridized carbons (Fsp3) is 0.500. The van der Waals surface area contributed by atoms with E-state index in [0.717, 1.165) is 0 Å². The van der Waals surface area contributed by atoms with Crippen molar-refractivity contribution in [3.8, 4) is 0 Å². The molecule has 4 heteroatoms. The van der Waals surface area contributed by atoms with Gasteiger partial charge in [0.15, 0.2) is 0 Å². The summed E-state index contributed by atoms with van der Waals surface area (Å²) in [7, 11) is 0. The third kappa shape index (κ3) is 4.37. The molecule has 0 fully saturated rings. The Morgan fingerprint density at radius 1 is 1.30 bits per heavy atom. The lowest BCUT2D eigenvalue weighted by Gasteiger charge is -2.25. The Balaban J connectivity index is 2.50. The molecule has 1 aromatic rings. The predicted molar refractivity (Wildman–Crippen MR) is 78.6 cm³/mol. The molecule has 0 heterocycles. The molecule has 0 saturated heterocycles. The lowest BCUT2D eigenvalue weighted by atomic mass is 9.95. The number of carboxylic acids is 1. The maximum Gasteiger partial charge on any atom is 0.329 e. The second kappa shape index (κ2) is 7.08. The molecule has 4 nitrogen and oxygen atoms in total. The number of carbonyl (C=O) groups excluding carboxylic acids is 1. The molecular weight excluding hydrogens is 254 g/mol. The molecule has 1 aromatic carbocycles. The molecule has 2 atom stereocenters. The van der Waals surface area contributed by atoms with Crippen LogP contribution in [0.15, 0.2) is 30.3 Å². The van der Waals surface area contributed by atoms with E-state index in [-0.39, 0.29) is 11.8 Å². The van der Waals surface area contributed by atoms with Crippen molar-refractivity contribution in [3.63, 3.8) is 0 Å². The van der Waals surface area contributed by atoms with Gasteiger partial charge in [-0.2, -0.15) is 0 Å². The van der Waals surface area contributed by atoms with Crippen LogP contribution in [0.25, 0.3) is 0 Å². The average molecular weight is 277 g/mol. The van der Waals surface area contributed by atoms with Crippen molar-refractivity contribution < 1.29 is 14.7 Å². The molecule has 0 aliphatic heterocycles. The van der Waals surface area contributed by atoms with Gasteiger partial charge < -0.3 is 10.4 Å². The first-order valence-electron chi connectivity index (χ1n) is 6.98. The van der Waals surface area contributed by atoms with Crippen LogP contribution in [0.3, 0.4) is 0 Å². The van der Waals surface area contributed by atoms with E-state index >= 15 is 0 Å². The lowest BCUT2D eigenvalue weighted by molar-refractivity contribution is -0.147. The number of rotatable bonds is 7. The highest BCUT2D eigenvalue weighted by Crippen LogP contribution is 2.20. The standard InChI is InChI=1S/C16H23NO3/c1-4-16(3,15(19)20)17-14(18)11-10-12(2)13-8-6-5-7-9-13/h5-9,12H,4,10-11H2,1-3H3,(H,17,18)(H,19,20). The maximum atomic E-state index is 11.9. The number of benzene rings is 1. The van der Waals surface area contributed by atoms with Crippen molar-refractivity contribution >= 4 is 11.9 Å². The Morgan fingerprint density at radius 3 is 2.40 bits per heavy atom. The van der Waals surface area contributed by atoms with Crippen molar-refractivity contribution in [3.05, 3.63) is 35.9 Å². The number of hydrogen-bond acceptors (Lipinski definition) is 2. The number of amides is 1. The molecule has 0 bridgehead atoms. The summed E-state index contributed by atoms with van der Waals surface area (Å²) in [6.07, 6.45) is 1.40. The van der Waals surface area contributed by atoms with E-state index in [0.29, 0.717) is 19.3 Å². The van der Waals surface area contributed by atoms with E-state index in [1.807, 2.05) is 30.3 Å². The highest BCUT2D eigenvalue weighted by Gasteiger charge is 2.32. The number of aliphatic carboxylic acids is 1. The van der Waals surface area contributed by atoms with E-state index < -0.39 is 11.5 Å². The molecule has 2 unspecified atom stereocenters. The minimum atomic E-state index is -1.17. The summed E-state index contributed by atoms with van der Waals surface area (Å²) < 4.78 is 0. The highest BCUT2D eigenvalue weighted by atomic mass is 16.4. The lowest BCUT2D eigenvalue weighted by Crippen LogP contribution is -2.51. The van der Waals surface area contributed by atoms with Crippen LogP contribution in [0.4, 0.5) is 0 Å². The molecule has 0 radical (unpaired) electrons. The molecule has 0 saturated carbocycles. The van der Waals surface area contributed by atoms with E-state index in [4.69, 9.17) is 5.11 Å². The molecular formula is C16H23NO3. The van der Waals surface area contributed by atoms with Gasteiger partial charge in [-0.3, -0.25) is 4.79 Å². The van der Waals surface area contributed by atoms with Crippen LogP contribution in [-0.4, -0.2) is 22.5 Å². The molecule has 0 spiro atoms. The molecule has 20 heavy (non-hydrogen) atoms. The van der Waals surface area contributed by atoms with Gasteiger partial charge in [-0.15, -0.1) is 0 Å². The van der Waals surface area contributed by atoms with Gasteiger partial charge in [0.1, 0.15) is 5.54 Å². The zero-order chi connectivity index (χ0) is 15.2. The monoisotopic (exact) mass is 277 g/mol. The summed E-state index contributed by atoms with van der Waals surface area (Å²) in [4.78, 5) is 23.0. The van der Waals surface area contributed by atoms with E-state index in [9.17, 15) is 9.59 Å². The fourth-order valence-electron chi connectivity index (χ4n) is 1.96. The third-order valence-electron chi connectivity index (χ3n) is 3.77. The van der Waals surface area contributed by atoms with Gasteiger partial charge >= 0.3 is 5.97 Å². The normalized spacial score (nSPS) is 15.2. The number of hydrogen-bond donors (Lipinski definition) is 2. The predicted octanol–water partition coefficient (Wildman–Crippen LogP) is 2.94. The van der Waals surface area contributed by atoms with Crippen LogP contribution < -0.4 is 5.32 Å². The van der Waals surface area contributed by atoms with E-state index in [1.54, 1.807) is 6.92 Å². The minimum absolute atomic E-state index is 0.209. The van der Waals surface area contributed by atoms with E-state index in [2.05, 4.69) is 12.2 Å². The van der Waals surface area contributed by atoms with Gasteiger partial charge in [0, 0.05) is 6.42 Å². The summed E-state index contributed by atoms with van der Waals surface area (Å²) in [5.74, 6) is -0.927. The molecule has 1 amide bonds. The molecule has 110 valence electrons. The van der Waals surface area contributed by atoms with Crippen molar-refractivity contribution in [1.29, 1.82) is 0 Å². The molecule has 0 aromatic heterocycles. The summed E-state index contributed by atoms with van der Waals surface area (Å²) in [6.45, 7) is 5.35. The second-order valence-electron chi connectivity index (χ2n) is 5.39. The Kier molecular flexibility index (Phi) is 5.74. The van der Waals surface area contributed by atoms with Gasteiger partial charge in [0.2, 0.25) is 5.91 Å². The first-order chi connectivity index (χ1) is 9.39. The second-order valence-corrected chi connectivity index (χ2v) is 5.39. The first kappa shape index (κ1) is 16.2. The summed E-state index contributed by atoms with van der Waals surface area (Å²) in [5, 5.41) is 11.7. The number of carbonyl (C=O) groups is 2. The van der Waals surface area contributed by atoms with E-state index in [1.165, 1.54) is 12.5 Å². The minimum Gasteiger partial charge on any atom is -0.480 e. The average Bonchev–Trinajstić information content (AvgIpc) is 2.45. The van der Waals surface area contributed by atoms with Crippen molar-refractivity contribution in [2.45, 2.75) is 51.5 Å². The molecule has 2 N–H and O–H groups in total. The van der Waals surface area contributed by atoms with Gasteiger partial charge in [0.25, 0.3) is 0 Å². The van der Waals surface area contributed by atoms with Gasteiger partial charge in [-0.05, 0) is 31.2 Å². The number of carboxylic acid groups (broad SMARTS) is 1. The smallest absolute Gasteiger partial charge is 0.329 e. The van der Waals surface area contributed by atoms with Gasteiger partial charge in [-0.1, -0.05) is 44.2 Å². The Bertz CT molecular complexity index is 458. The zero-order valence-corrected chi connectivity index (χ0v) is 12.3. The van der Waals surface area contributed by atoms with Crippen LogP contribution in [0.5, 0.6) is 0 Å². The van der Waals surface area contributed by atoms with Crippen molar-refractivity contribution in [2.24, 2.45) is 0 Å². The summed E-state index contributed by atoms with van der Waals surface area (Å²) in [6, 6.07) is 9.99. The van der Waals surface area contributed by atoms with Crippen molar-refractivity contribution in [2.75, 3.05) is 0 Å². The molecule has 0 aliphatic carbocycles. The Morgan fingerprint density at radius 2 is 1.90 bits per heavy atom.